The number of amides is 2. The molecule has 1 aliphatic heterocycles. The van der Waals surface area contributed by atoms with Crippen molar-refractivity contribution in [2.45, 2.75) is 39.2 Å². The zero-order valence-corrected chi connectivity index (χ0v) is 10.0. The summed E-state index contributed by atoms with van der Waals surface area (Å²) in [6.07, 6.45) is 2.77. The summed E-state index contributed by atoms with van der Waals surface area (Å²) in [6.45, 7) is 5.80. The molecule has 4 heteroatoms. The van der Waals surface area contributed by atoms with E-state index in [1.807, 2.05) is 0 Å². The van der Waals surface area contributed by atoms with Gasteiger partial charge in [-0.25, -0.2) is 0 Å². The number of fused-ring (bicyclic) bond motifs is 1. The molecule has 1 heterocycles. The van der Waals surface area contributed by atoms with E-state index in [0.717, 1.165) is 25.8 Å². The molecule has 4 nitrogen and oxygen atoms in total. The van der Waals surface area contributed by atoms with Gasteiger partial charge in [-0.3, -0.25) is 14.5 Å². The number of carbonyl (C=O) groups excluding carboxylic acids is 2. The lowest BCUT2D eigenvalue weighted by Crippen LogP contribution is -2.37. The SMILES string of the molecule is CCCNC(C)CCN1C(=O)C2CC2C1=O. The number of nitrogens with zero attached hydrogens (tertiary/aromatic N) is 1. The summed E-state index contributed by atoms with van der Waals surface area (Å²) in [6, 6.07) is 0.373. The van der Waals surface area contributed by atoms with Gasteiger partial charge in [0.05, 0.1) is 11.8 Å². The topological polar surface area (TPSA) is 49.4 Å². The Kier molecular flexibility index (Phi) is 3.28. The molecule has 2 aliphatic rings. The molecule has 1 saturated carbocycles. The van der Waals surface area contributed by atoms with E-state index in [2.05, 4.69) is 19.2 Å². The molecule has 0 spiro atoms. The Hall–Kier alpha value is -0.900. The van der Waals surface area contributed by atoms with E-state index in [1.165, 1.54) is 4.90 Å². The number of piperidine rings is 1. The lowest BCUT2D eigenvalue weighted by atomic mass is 10.2. The molecule has 1 saturated heterocycles. The molecular formula is C12H20N2O2. The van der Waals surface area contributed by atoms with Gasteiger partial charge < -0.3 is 5.32 Å². The number of rotatable bonds is 6. The average molecular weight is 224 g/mol. The first-order valence-corrected chi connectivity index (χ1v) is 6.23. The van der Waals surface area contributed by atoms with Crippen LogP contribution in [0.2, 0.25) is 0 Å². The highest BCUT2D eigenvalue weighted by atomic mass is 16.2. The van der Waals surface area contributed by atoms with Crippen molar-refractivity contribution in [1.82, 2.24) is 10.2 Å². The molecule has 90 valence electrons. The van der Waals surface area contributed by atoms with Crippen LogP contribution in [0.1, 0.15) is 33.1 Å². The van der Waals surface area contributed by atoms with Gasteiger partial charge in [0.15, 0.2) is 0 Å². The Morgan fingerprint density at radius 2 is 2.00 bits per heavy atom. The van der Waals surface area contributed by atoms with Gasteiger partial charge in [-0.05, 0) is 32.7 Å². The maximum atomic E-state index is 11.7. The highest BCUT2D eigenvalue weighted by Crippen LogP contribution is 2.46. The zero-order chi connectivity index (χ0) is 11.7. The first-order valence-electron chi connectivity index (χ1n) is 6.23. The van der Waals surface area contributed by atoms with E-state index < -0.39 is 0 Å². The van der Waals surface area contributed by atoms with Crippen molar-refractivity contribution in [3.05, 3.63) is 0 Å². The summed E-state index contributed by atoms with van der Waals surface area (Å²) >= 11 is 0. The second-order valence-electron chi connectivity index (χ2n) is 4.92. The van der Waals surface area contributed by atoms with E-state index in [1.54, 1.807) is 0 Å². The van der Waals surface area contributed by atoms with E-state index in [-0.39, 0.29) is 23.7 Å². The number of nitrogens with one attached hydrogen (secondary N) is 1. The van der Waals surface area contributed by atoms with Crippen LogP contribution in [0.4, 0.5) is 0 Å². The minimum absolute atomic E-state index is 0.0476. The molecule has 0 aromatic rings. The van der Waals surface area contributed by atoms with Gasteiger partial charge in [-0.1, -0.05) is 6.92 Å². The third-order valence-electron chi connectivity index (χ3n) is 3.49. The first kappa shape index (κ1) is 11.6. The molecule has 0 radical (unpaired) electrons. The minimum Gasteiger partial charge on any atom is -0.314 e. The molecule has 0 bridgehead atoms. The Bertz CT molecular complexity index is 283. The quantitative estimate of drug-likeness (QED) is 0.678. The molecule has 16 heavy (non-hydrogen) atoms. The van der Waals surface area contributed by atoms with Crippen molar-refractivity contribution < 1.29 is 9.59 Å². The highest BCUT2D eigenvalue weighted by molar-refractivity contribution is 6.08. The maximum absolute atomic E-state index is 11.7. The van der Waals surface area contributed by atoms with Crippen LogP contribution in [0.5, 0.6) is 0 Å². The molecule has 2 fully saturated rings. The van der Waals surface area contributed by atoms with Crippen molar-refractivity contribution in [2.24, 2.45) is 11.8 Å². The molecule has 3 atom stereocenters. The normalized spacial score (nSPS) is 29.5. The maximum Gasteiger partial charge on any atom is 0.233 e. The monoisotopic (exact) mass is 224 g/mol. The van der Waals surface area contributed by atoms with Crippen LogP contribution >= 0.6 is 0 Å². The van der Waals surface area contributed by atoms with Crippen molar-refractivity contribution in [3.8, 4) is 0 Å². The number of likely N-dealkylation sites (tertiary alicyclic amines) is 1. The Morgan fingerprint density at radius 1 is 1.38 bits per heavy atom. The highest BCUT2D eigenvalue weighted by Gasteiger charge is 2.58. The molecule has 0 aromatic carbocycles. The van der Waals surface area contributed by atoms with Gasteiger partial charge >= 0.3 is 0 Å². The molecule has 1 aliphatic carbocycles. The fourth-order valence-corrected chi connectivity index (χ4v) is 2.29. The Morgan fingerprint density at radius 3 is 2.56 bits per heavy atom. The number of hydrogen-bond acceptors (Lipinski definition) is 3. The lowest BCUT2D eigenvalue weighted by Gasteiger charge is -2.19. The van der Waals surface area contributed by atoms with Gasteiger partial charge in [0.2, 0.25) is 11.8 Å². The van der Waals surface area contributed by atoms with Crippen molar-refractivity contribution in [1.29, 1.82) is 0 Å². The fraction of sp³-hybridized carbons (Fsp3) is 0.833. The molecule has 3 unspecified atom stereocenters. The van der Waals surface area contributed by atoms with Crippen molar-refractivity contribution in [3.63, 3.8) is 0 Å². The van der Waals surface area contributed by atoms with Crippen LogP contribution in [0.25, 0.3) is 0 Å². The average Bonchev–Trinajstić information content (AvgIpc) is 3.01. The van der Waals surface area contributed by atoms with E-state index in [4.69, 9.17) is 0 Å². The standard InChI is InChI=1S/C12H20N2O2/c1-3-5-13-8(2)4-6-14-11(15)9-7-10(9)12(14)16/h8-10,13H,3-7H2,1-2H3. The third kappa shape index (κ3) is 2.12. The van der Waals surface area contributed by atoms with Gasteiger partial charge in [-0.2, -0.15) is 0 Å². The van der Waals surface area contributed by atoms with Crippen molar-refractivity contribution in [2.75, 3.05) is 13.1 Å². The smallest absolute Gasteiger partial charge is 0.233 e. The molecule has 0 aromatic heterocycles. The van der Waals surface area contributed by atoms with Crippen LogP contribution in [0.3, 0.4) is 0 Å². The summed E-state index contributed by atoms with van der Waals surface area (Å²) in [5, 5.41) is 3.36. The second-order valence-corrected chi connectivity index (χ2v) is 4.92. The summed E-state index contributed by atoms with van der Waals surface area (Å²) in [5.74, 6) is 0.230. The van der Waals surface area contributed by atoms with Crippen molar-refractivity contribution >= 4 is 11.8 Å². The molecular weight excluding hydrogens is 204 g/mol. The Balaban J connectivity index is 1.74. The summed E-state index contributed by atoms with van der Waals surface area (Å²) in [5.41, 5.74) is 0. The van der Waals surface area contributed by atoms with E-state index in [9.17, 15) is 9.59 Å². The van der Waals surface area contributed by atoms with E-state index >= 15 is 0 Å². The first-order chi connectivity index (χ1) is 7.65. The zero-order valence-electron chi connectivity index (χ0n) is 10.0. The van der Waals surface area contributed by atoms with Crippen LogP contribution in [-0.4, -0.2) is 35.8 Å². The van der Waals surface area contributed by atoms with E-state index in [0.29, 0.717) is 12.6 Å². The Labute approximate surface area is 96.4 Å². The van der Waals surface area contributed by atoms with Crippen LogP contribution in [-0.2, 0) is 9.59 Å². The number of carbonyl (C=O) groups is 2. The fourth-order valence-electron chi connectivity index (χ4n) is 2.29. The van der Waals surface area contributed by atoms with Gasteiger partial charge in [0.1, 0.15) is 0 Å². The minimum atomic E-state index is 0.0476. The lowest BCUT2D eigenvalue weighted by molar-refractivity contribution is -0.141. The molecule has 2 amide bonds. The summed E-state index contributed by atoms with van der Waals surface area (Å²) in [7, 11) is 0. The van der Waals surface area contributed by atoms with Gasteiger partial charge in [-0.15, -0.1) is 0 Å². The van der Waals surface area contributed by atoms with Crippen LogP contribution < -0.4 is 5.32 Å². The van der Waals surface area contributed by atoms with Gasteiger partial charge in [0, 0.05) is 12.6 Å². The summed E-state index contributed by atoms with van der Waals surface area (Å²) < 4.78 is 0. The van der Waals surface area contributed by atoms with Crippen LogP contribution in [0, 0.1) is 11.8 Å². The van der Waals surface area contributed by atoms with Crippen LogP contribution in [0.15, 0.2) is 0 Å². The van der Waals surface area contributed by atoms with Gasteiger partial charge in [0.25, 0.3) is 0 Å². The predicted octanol–water partition coefficient (Wildman–Crippen LogP) is 0.769. The number of imide groups is 1. The number of hydrogen-bond donors (Lipinski definition) is 1. The third-order valence-corrected chi connectivity index (χ3v) is 3.49. The second kappa shape index (κ2) is 4.53. The molecule has 2 rings (SSSR count). The summed E-state index contributed by atoms with van der Waals surface area (Å²) in [4.78, 5) is 24.8. The molecule has 1 N–H and O–H groups in total. The predicted molar refractivity (Wildman–Crippen MR) is 60.7 cm³/mol. The largest absolute Gasteiger partial charge is 0.314 e.